The van der Waals surface area contributed by atoms with Crippen molar-refractivity contribution in [1.29, 1.82) is 0 Å². The van der Waals surface area contributed by atoms with E-state index in [9.17, 15) is 4.39 Å². The van der Waals surface area contributed by atoms with Gasteiger partial charge in [-0.2, -0.15) is 5.10 Å². The molecule has 2 rings (SSSR count). The lowest BCUT2D eigenvalue weighted by atomic mass is 10.1. The lowest BCUT2D eigenvalue weighted by molar-refractivity contribution is 0.409. The molecule has 1 N–H and O–H groups in total. The standard InChI is InChI=1S/C15H20FN3O/c1-10(14-6-5-13(20-4)7-15(14)16)17-8-12-9-18-19(3)11(12)2/h5-7,9-10,17H,8H2,1-4H3/t10-/m0/s1. The molecule has 108 valence electrons. The molecule has 1 atom stereocenters. The van der Waals surface area contributed by atoms with E-state index in [-0.39, 0.29) is 11.9 Å². The molecule has 1 heterocycles. The van der Waals surface area contributed by atoms with Crippen LogP contribution in [-0.4, -0.2) is 16.9 Å². The van der Waals surface area contributed by atoms with Crippen LogP contribution in [0.4, 0.5) is 4.39 Å². The summed E-state index contributed by atoms with van der Waals surface area (Å²) >= 11 is 0. The van der Waals surface area contributed by atoms with Crippen molar-refractivity contribution < 1.29 is 9.13 Å². The SMILES string of the molecule is COc1ccc([C@H](C)NCc2cnn(C)c2C)c(F)c1. The molecule has 0 unspecified atom stereocenters. The molecule has 0 radical (unpaired) electrons. The van der Waals surface area contributed by atoms with Gasteiger partial charge < -0.3 is 10.1 Å². The Kier molecular flexibility index (Phi) is 4.39. The predicted octanol–water partition coefficient (Wildman–Crippen LogP) is 2.73. The Morgan fingerprint density at radius 2 is 2.20 bits per heavy atom. The monoisotopic (exact) mass is 277 g/mol. The highest BCUT2D eigenvalue weighted by Gasteiger charge is 2.12. The number of methoxy groups -OCH3 is 1. The predicted molar refractivity (Wildman–Crippen MR) is 76.2 cm³/mol. The Bertz CT molecular complexity index is 595. The highest BCUT2D eigenvalue weighted by molar-refractivity contribution is 5.30. The van der Waals surface area contributed by atoms with Gasteiger partial charge in [0, 0.05) is 42.5 Å². The molecule has 0 aliphatic rings. The van der Waals surface area contributed by atoms with Gasteiger partial charge in [-0.25, -0.2) is 4.39 Å². The zero-order valence-electron chi connectivity index (χ0n) is 12.3. The van der Waals surface area contributed by atoms with Gasteiger partial charge in [-0.05, 0) is 19.9 Å². The number of nitrogens with one attached hydrogen (secondary N) is 1. The summed E-state index contributed by atoms with van der Waals surface area (Å²) in [5.74, 6) is 0.272. The Morgan fingerprint density at radius 1 is 1.45 bits per heavy atom. The van der Waals surface area contributed by atoms with E-state index in [0.29, 0.717) is 17.9 Å². The van der Waals surface area contributed by atoms with Crippen molar-refractivity contribution >= 4 is 0 Å². The third-order valence-corrected chi connectivity index (χ3v) is 3.61. The average molecular weight is 277 g/mol. The average Bonchev–Trinajstić information content (AvgIpc) is 2.76. The third-order valence-electron chi connectivity index (χ3n) is 3.61. The van der Waals surface area contributed by atoms with Crippen LogP contribution in [0.2, 0.25) is 0 Å². The summed E-state index contributed by atoms with van der Waals surface area (Å²) in [7, 11) is 3.44. The second kappa shape index (κ2) is 6.05. The van der Waals surface area contributed by atoms with Crippen LogP contribution in [0.5, 0.6) is 5.75 Å². The molecule has 1 aromatic carbocycles. The number of hydrogen-bond donors (Lipinski definition) is 1. The van der Waals surface area contributed by atoms with Gasteiger partial charge in [0.25, 0.3) is 0 Å². The van der Waals surface area contributed by atoms with E-state index in [1.54, 1.807) is 12.1 Å². The summed E-state index contributed by atoms with van der Waals surface area (Å²) in [5, 5.41) is 7.51. The molecule has 0 amide bonds. The molecule has 4 nitrogen and oxygen atoms in total. The van der Waals surface area contributed by atoms with Gasteiger partial charge in [-0.1, -0.05) is 6.07 Å². The number of hydrogen-bond acceptors (Lipinski definition) is 3. The van der Waals surface area contributed by atoms with Crippen molar-refractivity contribution in [1.82, 2.24) is 15.1 Å². The minimum absolute atomic E-state index is 0.0829. The van der Waals surface area contributed by atoms with Gasteiger partial charge in [0.2, 0.25) is 0 Å². The van der Waals surface area contributed by atoms with Crippen LogP contribution in [0.3, 0.4) is 0 Å². The number of ether oxygens (including phenoxy) is 1. The van der Waals surface area contributed by atoms with Crippen LogP contribution in [0.25, 0.3) is 0 Å². The number of rotatable bonds is 5. The van der Waals surface area contributed by atoms with Gasteiger partial charge >= 0.3 is 0 Å². The van der Waals surface area contributed by atoms with Crippen molar-refractivity contribution in [3.63, 3.8) is 0 Å². The molecule has 0 saturated heterocycles. The number of aromatic nitrogens is 2. The van der Waals surface area contributed by atoms with Crippen molar-refractivity contribution in [2.24, 2.45) is 7.05 Å². The quantitative estimate of drug-likeness (QED) is 0.913. The minimum Gasteiger partial charge on any atom is -0.497 e. The Hall–Kier alpha value is -1.88. The van der Waals surface area contributed by atoms with E-state index in [4.69, 9.17) is 4.74 Å². The summed E-state index contributed by atoms with van der Waals surface area (Å²) < 4.78 is 20.8. The van der Waals surface area contributed by atoms with Gasteiger partial charge in [-0.15, -0.1) is 0 Å². The zero-order chi connectivity index (χ0) is 14.7. The number of benzene rings is 1. The molecule has 0 aliphatic carbocycles. The topological polar surface area (TPSA) is 39.1 Å². The molecule has 0 bridgehead atoms. The molecule has 0 fully saturated rings. The van der Waals surface area contributed by atoms with Crippen molar-refractivity contribution in [3.8, 4) is 5.75 Å². The Balaban J connectivity index is 2.05. The first-order valence-corrected chi connectivity index (χ1v) is 6.57. The molecule has 5 heteroatoms. The molecule has 1 aromatic heterocycles. The second-order valence-corrected chi connectivity index (χ2v) is 4.87. The van der Waals surface area contributed by atoms with Crippen molar-refractivity contribution in [2.75, 3.05) is 7.11 Å². The van der Waals surface area contributed by atoms with Crippen LogP contribution in [0, 0.1) is 12.7 Å². The van der Waals surface area contributed by atoms with E-state index >= 15 is 0 Å². The molecule has 20 heavy (non-hydrogen) atoms. The fourth-order valence-electron chi connectivity index (χ4n) is 2.08. The van der Waals surface area contributed by atoms with Crippen LogP contribution < -0.4 is 10.1 Å². The fourth-order valence-corrected chi connectivity index (χ4v) is 2.08. The molecular weight excluding hydrogens is 257 g/mol. The molecule has 2 aromatic rings. The van der Waals surface area contributed by atoms with Gasteiger partial charge in [-0.3, -0.25) is 4.68 Å². The highest BCUT2D eigenvalue weighted by Crippen LogP contribution is 2.22. The summed E-state index contributed by atoms with van der Waals surface area (Å²) in [6.45, 7) is 4.62. The largest absolute Gasteiger partial charge is 0.497 e. The fraction of sp³-hybridized carbons (Fsp3) is 0.400. The second-order valence-electron chi connectivity index (χ2n) is 4.87. The van der Waals surface area contributed by atoms with Crippen LogP contribution in [-0.2, 0) is 13.6 Å². The number of nitrogens with zero attached hydrogens (tertiary/aromatic N) is 2. The van der Waals surface area contributed by atoms with E-state index < -0.39 is 0 Å². The first-order chi connectivity index (χ1) is 9.52. The smallest absolute Gasteiger partial charge is 0.131 e. The number of aryl methyl sites for hydroxylation is 1. The van der Waals surface area contributed by atoms with Gasteiger partial charge in [0.05, 0.1) is 13.3 Å². The van der Waals surface area contributed by atoms with E-state index in [1.165, 1.54) is 13.2 Å². The number of halogens is 1. The Labute approximate surface area is 118 Å². The summed E-state index contributed by atoms with van der Waals surface area (Å²) in [4.78, 5) is 0. The van der Waals surface area contributed by atoms with Crippen molar-refractivity contribution in [3.05, 3.63) is 47.0 Å². The summed E-state index contributed by atoms with van der Waals surface area (Å²) in [6, 6.07) is 4.84. The van der Waals surface area contributed by atoms with Gasteiger partial charge in [0.15, 0.2) is 0 Å². The van der Waals surface area contributed by atoms with E-state index in [0.717, 1.165) is 11.3 Å². The third kappa shape index (κ3) is 2.99. The normalized spacial score (nSPS) is 12.4. The maximum absolute atomic E-state index is 14.0. The Morgan fingerprint density at radius 3 is 2.75 bits per heavy atom. The zero-order valence-corrected chi connectivity index (χ0v) is 12.3. The van der Waals surface area contributed by atoms with Crippen LogP contribution >= 0.6 is 0 Å². The van der Waals surface area contributed by atoms with Crippen molar-refractivity contribution in [2.45, 2.75) is 26.4 Å². The first-order valence-electron chi connectivity index (χ1n) is 6.57. The molecule has 0 saturated carbocycles. The highest BCUT2D eigenvalue weighted by atomic mass is 19.1. The molecule has 0 aliphatic heterocycles. The summed E-state index contributed by atoms with van der Waals surface area (Å²) in [5.41, 5.74) is 2.86. The molecular formula is C15H20FN3O. The van der Waals surface area contributed by atoms with Gasteiger partial charge in [0.1, 0.15) is 11.6 Å². The van der Waals surface area contributed by atoms with E-state index in [1.807, 2.05) is 31.8 Å². The van der Waals surface area contributed by atoms with E-state index in [2.05, 4.69) is 10.4 Å². The lowest BCUT2D eigenvalue weighted by Gasteiger charge is -2.15. The lowest BCUT2D eigenvalue weighted by Crippen LogP contribution is -2.19. The maximum atomic E-state index is 14.0. The maximum Gasteiger partial charge on any atom is 0.131 e. The minimum atomic E-state index is -0.257. The molecule has 0 spiro atoms. The van der Waals surface area contributed by atoms with Crippen LogP contribution in [0.1, 0.15) is 29.8 Å². The van der Waals surface area contributed by atoms with Crippen LogP contribution in [0.15, 0.2) is 24.4 Å². The first kappa shape index (κ1) is 14.5. The summed E-state index contributed by atoms with van der Waals surface area (Å²) in [6.07, 6.45) is 1.83.